The third-order valence-electron chi connectivity index (χ3n) is 3.86. The highest BCUT2D eigenvalue weighted by molar-refractivity contribution is 7.89. The number of rotatable bonds is 3. The molecule has 5 heteroatoms. The van der Waals surface area contributed by atoms with Crippen LogP contribution < -0.4 is 4.72 Å². The molecule has 1 aliphatic carbocycles. The van der Waals surface area contributed by atoms with E-state index in [1.165, 1.54) is 6.42 Å². The number of fused-ring (bicyclic) bond motifs is 1. The largest absolute Gasteiger partial charge is 0.264 e. The van der Waals surface area contributed by atoms with Crippen molar-refractivity contribution in [2.24, 2.45) is 0 Å². The van der Waals surface area contributed by atoms with Crippen molar-refractivity contribution in [2.75, 3.05) is 0 Å². The Balaban J connectivity index is 1.96. The molecular weight excluding hydrogens is 272 g/mol. The van der Waals surface area contributed by atoms with Crippen LogP contribution in [0.4, 0.5) is 0 Å². The summed E-state index contributed by atoms with van der Waals surface area (Å²) in [6.07, 6.45) is 8.60. The van der Waals surface area contributed by atoms with Gasteiger partial charge in [0, 0.05) is 29.2 Å². The fourth-order valence-corrected chi connectivity index (χ4v) is 4.37. The molecule has 1 fully saturated rings. The quantitative estimate of drug-likeness (QED) is 0.945. The van der Waals surface area contributed by atoms with Gasteiger partial charge in [0.1, 0.15) is 0 Å². The Morgan fingerprint density at radius 2 is 1.90 bits per heavy atom. The van der Waals surface area contributed by atoms with Crippen molar-refractivity contribution in [1.82, 2.24) is 9.71 Å². The molecule has 1 aliphatic rings. The van der Waals surface area contributed by atoms with Gasteiger partial charge in [-0.25, -0.2) is 13.1 Å². The molecule has 106 valence electrons. The van der Waals surface area contributed by atoms with Gasteiger partial charge in [0.15, 0.2) is 0 Å². The first kappa shape index (κ1) is 13.5. The molecule has 0 atom stereocenters. The molecule has 0 saturated heterocycles. The van der Waals surface area contributed by atoms with Crippen LogP contribution in [0.15, 0.2) is 41.6 Å². The normalized spacial score (nSPS) is 17.4. The van der Waals surface area contributed by atoms with Crippen LogP contribution in [-0.4, -0.2) is 19.4 Å². The maximum Gasteiger partial charge on any atom is 0.241 e. The van der Waals surface area contributed by atoms with Crippen LogP contribution in [0.1, 0.15) is 32.1 Å². The van der Waals surface area contributed by atoms with Gasteiger partial charge in [-0.1, -0.05) is 31.4 Å². The van der Waals surface area contributed by atoms with E-state index in [9.17, 15) is 8.42 Å². The SMILES string of the molecule is O=S(=O)(NC1CCCCC1)c1cccc2cnccc12. The molecule has 1 aromatic heterocycles. The van der Waals surface area contributed by atoms with Crippen LogP contribution in [0.5, 0.6) is 0 Å². The molecule has 0 amide bonds. The summed E-state index contributed by atoms with van der Waals surface area (Å²) in [5, 5.41) is 1.57. The third kappa shape index (κ3) is 2.69. The zero-order valence-corrected chi connectivity index (χ0v) is 12.1. The van der Waals surface area contributed by atoms with Crippen LogP contribution in [0.3, 0.4) is 0 Å². The van der Waals surface area contributed by atoms with Crippen molar-refractivity contribution in [3.8, 4) is 0 Å². The molecule has 1 heterocycles. The number of hydrogen-bond acceptors (Lipinski definition) is 3. The van der Waals surface area contributed by atoms with Gasteiger partial charge >= 0.3 is 0 Å². The highest BCUT2D eigenvalue weighted by atomic mass is 32.2. The van der Waals surface area contributed by atoms with E-state index in [-0.39, 0.29) is 6.04 Å². The molecule has 0 aliphatic heterocycles. The van der Waals surface area contributed by atoms with Gasteiger partial charge in [-0.2, -0.15) is 0 Å². The van der Waals surface area contributed by atoms with Crippen molar-refractivity contribution in [3.05, 3.63) is 36.7 Å². The van der Waals surface area contributed by atoms with Crippen LogP contribution in [0.25, 0.3) is 10.8 Å². The molecule has 0 radical (unpaired) electrons. The molecule has 1 aromatic carbocycles. The monoisotopic (exact) mass is 290 g/mol. The lowest BCUT2D eigenvalue weighted by molar-refractivity contribution is 0.412. The second-order valence-electron chi connectivity index (χ2n) is 5.31. The zero-order valence-electron chi connectivity index (χ0n) is 11.2. The van der Waals surface area contributed by atoms with Gasteiger partial charge in [-0.05, 0) is 25.0 Å². The fourth-order valence-electron chi connectivity index (χ4n) is 2.83. The second kappa shape index (κ2) is 5.50. The van der Waals surface area contributed by atoms with Crippen molar-refractivity contribution >= 4 is 20.8 Å². The first-order chi connectivity index (χ1) is 9.67. The van der Waals surface area contributed by atoms with Gasteiger partial charge in [0.05, 0.1) is 4.90 Å². The molecule has 0 unspecified atom stereocenters. The summed E-state index contributed by atoms with van der Waals surface area (Å²) in [6.45, 7) is 0. The minimum absolute atomic E-state index is 0.0749. The van der Waals surface area contributed by atoms with Crippen molar-refractivity contribution in [1.29, 1.82) is 0 Å². The number of nitrogens with zero attached hydrogens (tertiary/aromatic N) is 1. The molecule has 0 bridgehead atoms. The zero-order chi connectivity index (χ0) is 14.0. The summed E-state index contributed by atoms with van der Waals surface area (Å²) >= 11 is 0. The first-order valence-corrected chi connectivity index (χ1v) is 8.50. The molecular formula is C15H18N2O2S. The minimum atomic E-state index is -3.46. The molecule has 1 saturated carbocycles. The smallest absolute Gasteiger partial charge is 0.241 e. The highest BCUT2D eigenvalue weighted by Crippen LogP contribution is 2.24. The standard InChI is InChI=1S/C15H18N2O2S/c18-20(19,17-13-6-2-1-3-7-13)15-8-4-5-12-11-16-10-9-14(12)15/h4-5,8-11,13,17H,1-3,6-7H2. The van der Waals surface area contributed by atoms with E-state index in [0.717, 1.165) is 36.5 Å². The Hall–Kier alpha value is -1.46. The summed E-state index contributed by atoms with van der Waals surface area (Å²) < 4.78 is 28.0. The van der Waals surface area contributed by atoms with Crippen molar-refractivity contribution < 1.29 is 8.42 Å². The fraction of sp³-hybridized carbons (Fsp3) is 0.400. The number of aromatic nitrogens is 1. The maximum absolute atomic E-state index is 12.6. The average Bonchev–Trinajstić information content (AvgIpc) is 2.47. The summed E-state index contributed by atoms with van der Waals surface area (Å²) in [5.74, 6) is 0. The van der Waals surface area contributed by atoms with Gasteiger partial charge in [-0.15, -0.1) is 0 Å². The maximum atomic E-state index is 12.6. The molecule has 2 aromatic rings. The van der Waals surface area contributed by atoms with Crippen LogP contribution >= 0.6 is 0 Å². The Kier molecular flexibility index (Phi) is 3.72. The molecule has 20 heavy (non-hydrogen) atoms. The average molecular weight is 290 g/mol. The predicted octanol–water partition coefficient (Wildman–Crippen LogP) is 2.85. The lowest BCUT2D eigenvalue weighted by atomic mass is 9.96. The molecule has 0 spiro atoms. The molecule has 3 rings (SSSR count). The summed E-state index contributed by atoms with van der Waals surface area (Å²) in [6, 6.07) is 7.13. The summed E-state index contributed by atoms with van der Waals surface area (Å²) in [7, 11) is -3.46. The highest BCUT2D eigenvalue weighted by Gasteiger charge is 2.23. The number of pyridine rings is 1. The van der Waals surface area contributed by atoms with E-state index in [2.05, 4.69) is 9.71 Å². The van der Waals surface area contributed by atoms with Crippen LogP contribution in [-0.2, 0) is 10.0 Å². The van der Waals surface area contributed by atoms with Gasteiger partial charge in [-0.3, -0.25) is 4.98 Å². The number of sulfonamides is 1. The van der Waals surface area contributed by atoms with E-state index in [4.69, 9.17) is 0 Å². The second-order valence-corrected chi connectivity index (χ2v) is 6.99. The number of benzene rings is 1. The Bertz CT molecular complexity index is 701. The van der Waals surface area contributed by atoms with Gasteiger partial charge < -0.3 is 0 Å². The predicted molar refractivity (Wildman–Crippen MR) is 78.9 cm³/mol. The Labute approximate surface area is 119 Å². The van der Waals surface area contributed by atoms with Crippen LogP contribution in [0.2, 0.25) is 0 Å². The summed E-state index contributed by atoms with van der Waals surface area (Å²) in [5.41, 5.74) is 0. The van der Waals surface area contributed by atoms with E-state index in [0.29, 0.717) is 4.90 Å². The number of nitrogens with one attached hydrogen (secondary N) is 1. The topological polar surface area (TPSA) is 59.1 Å². The number of hydrogen-bond donors (Lipinski definition) is 1. The Morgan fingerprint density at radius 1 is 1.10 bits per heavy atom. The Morgan fingerprint density at radius 3 is 2.70 bits per heavy atom. The van der Waals surface area contributed by atoms with E-state index in [1.54, 1.807) is 30.6 Å². The van der Waals surface area contributed by atoms with E-state index >= 15 is 0 Å². The molecule has 1 N–H and O–H groups in total. The summed E-state index contributed by atoms with van der Waals surface area (Å²) in [4.78, 5) is 4.39. The lowest BCUT2D eigenvalue weighted by Gasteiger charge is -2.22. The van der Waals surface area contributed by atoms with Crippen molar-refractivity contribution in [3.63, 3.8) is 0 Å². The van der Waals surface area contributed by atoms with Gasteiger partial charge in [0.25, 0.3) is 0 Å². The van der Waals surface area contributed by atoms with E-state index < -0.39 is 10.0 Å². The first-order valence-electron chi connectivity index (χ1n) is 7.02. The third-order valence-corrected chi connectivity index (χ3v) is 5.44. The van der Waals surface area contributed by atoms with Crippen LogP contribution in [0, 0.1) is 0 Å². The van der Waals surface area contributed by atoms with Crippen molar-refractivity contribution in [2.45, 2.75) is 43.0 Å². The lowest BCUT2D eigenvalue weighted by Crippen LogP contribution is -2.36. The molecule has 4 nitrogen and oxygen atoms in total. The minimum Gasteiger partial charge on any atom is -0.264 e. The van der Waals surface area contributed by atoms with Gasteiger partial charge in [0.2, 0.25) is 10.0 Å². The van der Waals surface area contributed by atoms with E-state index in [1.807, 2.05) is 6.07 Å².